The summed E-state index contributed by atoms with van der Waals surface area (Å²) in [5.74, 6) is 0.887. The van der Waals surface area contributed by atoms with E-state index in [-0.39, 0.29) is 0 Å². The molecule has 2 N–H and O–H groups in total. The average Bonchev–Trinajstić information content (AvgIpc) is 2.55. The van der Waals surface area contributed by atoms with Gasteiger partial charge in [0.25, 0.3) is 0 Å². The molecule has 0 amide bonds. The summed E-state index contributed by atoms with van der Waals surface area (Å²) in [6.45, 7) is 5.67. The summed E-state index contributed by atoms with van der Waals surface area (Å²) in [5.41, 5.74) is 2.04. The first-order chi connectivity index (χ1) is 10.3. The lowest BCUT2D eigenvalue weighted by molar-refractivity contribution is 0.172. The molecule has 0 saturated carbocycles. The first-order valence-corrected chi connectivity index (χ1v) is 7.25. The number of hydrogen-bond donors (Lipinski definition) is 2. The van der Waals surface area contributed by atoms with Gasteiger partial charge in [-0.3, -0.25) is 0 Å². The van der Waals surface area contributed by atoms with Crippen LogP contribution in [0.1, 0.15) is 17.2 Å². The summed E-state index contributed by atoms with van der Waals surface area (Å²) in [5, 5.41) is 13.2. The molecular formula is C18H22NO2. The van der Waals surface area contributed by atoms with Crippen LogP contribution in [0, 0.1) is 6.92 Å². The Labute approximate surface area is 126 Å². The summed E-state index contributed by atoms with van der Waals surface area (Å²) in [6.07, 6.45) is 0.231. The third-order valence-corrected chi connectivity index (χ3v) is 3.30. The molecule has 0 heterocycles. The molecule has 2 aromatic carbocycles. The lowest BCUT2D eigenvalue weighted by Gasteiger charge is -2.13. The van der Waals surface area contributed by atoms with Crippen molar-refractivity contribution in [3.63, 3.8) is 0 Å². The second-order valence-electron chi connectivity index (χ2n) is 4.84. The Morgan fingerprint density at radius 1 is 1.05 bits per heavy atom. The summed E-state index contributed by atoms with van der Waals surface area (Å²) in [7, 11) is 0. The van der Waals surface area contributed by atoms with Crippen LogP contribution in [0.25, 0.3) is 0 Å². The van der Waals surface area contributed by atoms with Crippen LogP contribution in [0.3, 0.4) is 0 Å². The monoisotopic (exact) mass is 284 g/mol. The van der Waals surface area contributed by atoms with Crippen molar-refractivity contribution in [1.29, 1.82) is 0 Å². The van der Waals surface area contributed by atoms with Crippen molar-refractivity contribution in [2.24, 2.45) is 0 Å². The first-order valence-electron chi connectivity index (χ1n) is 7.25. The van der Waals surface area contributed by atoms with Gasteiger partial charge in [0.15, 0.2) is 0 Å². The summed E-state index contributed by atoms with van der Waals surface area (Å²) in [6, 6.07) is 17.6. The Hall–Kier alpha value is -1.84. The number of rotatable bonds is 8. The lowest BCUT2D eigenvalue weighted by atomic mass is 10.1. The van der Waals surface area contributed by atoms with E-state index in [1.54, 1.807) is 0 Å². The van der Waals surface area contributed by atoms with Crippen molar-refractivity contribution >= 4 is 0 Å². The number of hydrogen-bond acceptors (Lipinski definition) is 3. The van der Waals surface area contributed by atoms with Gasteiger partial charge in [0.1, 0.15) is 12.4 Å². The predicted octanol–water partition coefficient (Wildman–Crippen LogP) is 2.77. The normalized spacial score (nSPS) is 12.1. The van der Waals surface area contributed by atoms with Gasteiger partial charge in [-0.05, 0) is 30.5 Å². The molecule has 3 nitrogen and oxygen atoms in total. The molecule has 21 heavy (non-hydrogen) atoms. The fourth-order valence-corrected chi connectivity index (χ4v) is 2.12. The highest BCUT2D eigenvalue weighted by Gasteiger charge is 2.05. The second kappa shape index (κ2) is 8.45. The highest BCUT2D eigenvalue weighted by molar-refractivity contribution is 5.33. The van der Waals surface area contributed by atoms with Crippen LogP contribution >= 0.6 is 0 Å². The number of aliphatic hydroxyl groups is 1. The highest BCUT2D eigenvalue weighted by Crippen LogP contribution is 2.17. The third kappa shape index (κ3) is 4.88. The van der Waals surface area contributed by atoms with Crippen LogP contribution in [0.2, 0.25) is 0 Å². The van der Waals surface area contributed by atoms with Crippen molar-refractivity contribution in [3.8, 4) is 5.75 Å². The molecule has 1 radical (unpaired) electrons. The molecule has 0 aliphatic carbocycles. The maximum atomic E-state index is 10.0. The Kier molecular flexibility index (Phi) is 6.25. The lowest BCUT2D eigenvalue weighted by Crippen LogP contribution is -2.26. The van der Waals surface area contributed by atoms with E-state index in [0.29, 0.717) is 19.7 Å². The molecule has 0 aliphatic rings. The van der Waals surface area contributed by atoms with Gasteiger partial charge in [-0.1, -0.05) is 48.5 Å². The Morgan fingerprint density at radius 3 is 2.52 bits per heavy atom. The molecule has 0 saturated heterocycles. The second-order valence-corrected chi connectivity index (χ2v) is 4.84. The van der Waals surface area contributed by atoms with E-state index >= 15 is 0 Å². The van der Waals surface area contributed by atoms with E-state index in [1.807, 2.05) is 54.6 Å². The van der Waals surface area contributed by atoms with E-state index < -0.39 is 6.10 Å². The van der Waals surface area contributed by atoms with E-state index in [2.05, 4.69) is 12.2 Å². The molecule has 0 aliphatic heterocycles. The minimum absolute atomic E-state index is 0.488. The van der Waals surface area contributed by atoms with Gasteiger partial charge in [0.2, 0.25) is 0 Å². The smallest absolute Gasteiger partial charge is 0.122 e. The van der Waals surface area contributed by atoms with Gasteiger partial charge in [-0.25, -0.2) is 0 Å². The maximum Gasteiger partial charge on any atom is 0.122 e. The van der Waals surface area contributed by atoms with E-state index in [9.17, 15) is 5.11 Å². The number of ether oxygens (including phenoxy) is 1. The zero-order chi connectivity index (χ0) is 14.9. The zero-order valence-corrected chi connectivity index (χ0v) is 12.2. The minimum Gasteiger partial charge on any atom is -0.492 e. The van der Waals surface area contributed by atoms with Gasteiger partial charge in [-0.2, -0.15) is 0 Å². The highest BCUT2D eigenvalue weighted by atomic mass is 16.5. The number of benzene rings is 2. The van der Waals surface area contributed by atoms with Crippen molar-refractivity contribution in [1.82, 2.24) is 5.32 Å². The maximum absolute atomic E-state index is 10.0. The van der Waals surface area contributed by atoms with Gasteiger partial charge in [0.05, 0.1) is 6.10 Å². The van der Waals surface area contributed by atoms with Crippen molar-refractivity contribution < 1.29 is 9.84 Å². The average molecular weight is 284 g/mol. The summed E-state index contributed by atoms with van der Waals surface area (Å²) >= 11 is 0. The topological polar surface area (TPSA) is 41.5 Å². The van der Waals surface area contributed by atoms with Crippen LogP contribution in [0.15, 0.2) is 54.6 Å². The van der Waals surface area contributed by atoms with Gasteiger partial charge in [-0.15, -0.1) is 0 Å². The molecule has 1 unspecified atom stereocenters. The quantitative estimate of drug-likeness (QED) is 0.732. The van der Waals surface area contributed by atoms with E-state index in [1.165, 1.54) is 0 Å². The third-order valence-electron chi connectivity index (χ3n) is 3.30. The Balaban J connectivity index is 1.68. The van der Waals surface area contributed by atoms with Crippen LogP contribution in [0.5, 0.6) is 5.75 Å². The number of para-hydroxylation sites is 1. The van der Waals surface area contributed by atoms with Crippen molar-refractivity contribution in [3.05, 3.63) is 72.6 Å². The van der Waals surface area contributed by atoms with E-state index in [0.717, 1.165) is 23.3 Å². The number of aliphatic hydroxyl groups excluding tert-OH is 1. The molecule has 0 fully saturated rings. The van der Waals surface area contributed by atoms with Gasteiger partial charge < -0.3 is 15.2 Å². The van der Waals surface area contributed by atoms with Crippen LogP contribution in [-0.2, 0) is 6.42 Å². The molecule has 3 heteroatoms. The SMILES string of the molecule is [CH2]Cc1ccccc1OCCNCC(O)c1ccccc1. The fourth-order valence-electron chi connectivity index (χ4n) is 2.12. The van der Waals surface area contributed by atoms with Crippen molar-refractivity contribution in [2.75, 3.05) is 19.7 Å². The first kappa shape index (κ1) is 15.5. The zero-order valence-electron chi connectivity index (χ0n) is 12.2. The van der Waals surface area contributed by atoms with Crippen LogP contribution in [-0.4, -0.2) is 24.8 Å². The summed E-state index contributed by atoms with van der Waals surface area (Å²) in [4.78, 5) is 0. The molecule has 111 valence electrons. The Morgan fingerprint density at radius 2 is 1.76 bits per heavy atom. The molecule has 0 bridgehead atoms. The number of nitrogens with one attached hydrogen (secondary N) is 1. The predicted molar refractivity (Wildman–Crippen MR) is 85.3 cm³/mol. The molecule has 0 aromatic heterocycles. The molecular weight excluding hydrogens is 262 g/mol. The molecule has 2 rings (SSSR count). The molecule has 2 aromatic rings. The van der Waals surface area contributed by atoms with Crippen LogP contribution in [0.4, 0.5) is 0 Å². The van der Waals surface area contributed by atoms with Crippen molar-refractivity contribution in [2.45, 2.75) is 12.5 Å². The van der Waals surface area contributed by atoms with Gasteiger partial charge >= 0.3 is 0 Å². The molecule has 1 atom stereocenters. The molecule has 0 spiro atoms. The van der Waals surface area contributed by atoms with Gasteiger partial charge in [0, 0.05) is 13.1 Å². The fraction of sp³-hybridized carbons (Fsp3) is 0.278. The summed E-state index contributed by atoms with van der Waals surface area (Å²) < 4.78 is 5.73. The standard InChI is InChI=1S/C18H22NO2/c1-2-15-8-6-7-11-18(15)21-13-12-19-14-17(20)16-9-4-3-5-10-16/h3-11,17,19-20H,1-2,12-14H2. The van der Waals surface area contributed by atoms with Crippen LogP contribution < -0.4 is 10.1 Å². The largest absolute Gasteiger partial charge is 0.492 e. The minimum atomic E-state index is -0.488. The Bertz CT molecular complexity index is 528. The van der Waals surface area contributed by atoms with E-state index in [4.69, 9.17) is 4.74 Å².